The molecule has 0 saturated carbocycles. The lowest BCUT2D eigenvalue weighted by Crippen LogP contribution is -1.83. The minimum absolute atomic E-state index is 1.02. The highest BCUT2D eigenvalue weighted by Crippen LogP contribution is 2.12. The molecule has 0 aliphatic carbocycles. The van der Waals surface area contributed by atoms with Gasteiger partial charge in [-0.1, -0.05) is 26.8 Å². The highest BCUT2D eigenvalue weighted by Gasteiger charge is 1.94. The average Bonchev–Trinajstić information content (AvgIpc) is 2.31. The molecule has 0 fully saturated rings. The first-order chi connectivity index (χ1) is 6.90. The van der Waals surface area contributed by atoms with Gasteiger partial charge in [-0.25, -0.2) is 9.97 Å². The van der Waals surface area contributed by atoms with Crippen LogP contribution in [-0.2, 0) is 6.42 Å². The standard InChI is InChI=1S/C10H10N2.C2H6/c1-2-8-3-4-10-9(5-8)6-11-7-12-10;1-2/h3-7H,2H2,1H3;1-2H3. The number of benzene rings is 1. The summed E-state index contributed by atoms with van der Waals surface area (Å²) < 4.78 is 0. The lowest BCUT2D eigenvalue weighted by Gasteiger charge is -1.98. The summed E-state index contributed by atoms with van der Waals surface area (Å²) in [4.78, 5) is 8.12. The van der Waals surface area contributed by atoms with E-state index in [1.54, 1.807) is 6.33 Å². The fraction of sp³-hybridized carbons (Fsp3) is 0.333. The van der Waals surface area contributed by atoms with Gasteiger partial charge in [0.05, 0.1) is 5.52 Å². The van der Waals surface area contributed by atoms with Crippen LogP contribution in [0.2, 0.25) is 0 Å². The molecule has 2 heteroatoms. The van der Waals surface area contributed by atoms with Gasteiger partial charge in [-0.3, -0.25) is 0 Å². The van der Waals surface area contributed by atoms with E-state index >= 15 is 0 Å². The van der Waals surface area contributed by atoms with Crippen molar-refractivity contribution in [1.82, 2.24) is 9.97 Å². The van der Waals surface area contributed by atoms with Gasteiger partial charge < -0.3 is 0 Å². The Balaban J connectivity index is 0.000000461. The average molecular weight is 188 g/mol. The van der Waals surface area contributed by atoms with Gasteiger partial charge in [0.1, 0.15) is 6.33 Å². The van der Waals surface area contributed by atoms with Gasteiger partial charge in [0.15, 0.2) is 0 Å². The van der Waals surface area contributed by atoms with Crippen LogP contribution in [0.3, 0.4) is 0 Å². The molecule has 74 valence electrons. The van der Waals surface area contributed by atoms with Crippen LogP contribution in [0.25, 0.3) is 10.9 Å². The van der Waals surface area contributed by atoms with Gasteiger partial charge in [-0.15, -0.1) is 0 Å². The second-order valence-electron chi connectivity index (χ2n) is 2.77. The summed E-state index contributed by atoms with van der Waals surface area (Å²) in [6.45, 7) is 6.14. The molecule has 1 heterocycles. The van der Waals surface area contributed by atoms with Gasteiger partial charge in [-0.05, 0) is 24.1 Å². The van der Waals surface area contributed by atoms with Crippen LogP contribution in [0.4, 0.5) is 0 Å². The van der Waals surface area contributed by atoms with Gasteiger partial charge >= 0.3 is 0 Å². The Bertz CT molecular complexity index is 396. The third-order valence-electron chi connectivity index (χ3n) is 1.98. The smallest absolute Gasteiger partial charge is 0.116 e. The molecule has 0 aliphatic heterocycles. The van der Waals surface area contributed by atoms with E-state index in [2.05, 4.69) is 29.0 Å². The predicted molar refractivity (Wildman–Crippen MR) is 60.3 cm³/mol. The molecule has 0 bridgehead atoms. The summed E-state index contributed by atoms with van der Waals surface area (Å²) in [5.74, 6) is 0. The zero-order valence-corrected chi connectivity index (χ0v) is 8.99. The van der Waals surface area contributed by atoms with Crippen molar-refractivity contribution in [1.29, 1.82) is 0 Å². The molecule has 1 aromatic heterocycles. The van der Waals surface area contributed by atoms with Crippen molar-refractivity contribution in [2.24, 2.45) is 0 Å². The molecule has 0 amide bonds. The normalized spacial score (nSPS) is 9.36. The van der Waals surface area contributed by atoms with Gasteiger partial charge in [0.2, 0.25) is 0 Å². The fourth-order valence-corrected chi connectivity index (χ4v) is 1.25. The first kappa shape index (κ1) is 10.6. The monoisotopic (exact) mass is 188 g/mol. The molecule has 0 radical (unpaired) electrons. The van der Waals surface area contributed by atoms with Gasteiger partial charge in [-0.2, -0.15) is 0 Å². The number of rotatable bonds is 1. The molecule has 2 nitrogen and oxygen atoms in total. The van der Waals surface area contributed by atoms with Crippen molar-refractivity contribution in [2.75, 3.05) is 0 Å². The van der Waals surface area contributed by atoms with E-state index < -0.39 is 0 Å². The Labute approximate surface area is 85.0 Å². The van der Waals surface area contributed by atoms with E-state index in [1.165, 1.54) is 5.56 Å². The molecule has 0 N–H and O–H groups in total. The summed E-state index contributed by atoms with van der Waals surface area (Å²) >= 11 is 0. The van der Waals surface area contributed by atoms with E-state index in [9.17, 15) is 0 Å². The highest BCUT2D eigenvalue weighted by molar-refractivity contribution is 5.77. The fourth-order valence-electron chi connectivity index (χ4n) is 1.25. The van der Waals surface area contributed by atoms with E-state index in [1.807, 2.05) is 26.1 Å². The van der Waals surface area contributed by atoms with Crippen LogP contribution >= 0.6 is 0 Å². The van der Waals surface area contributed by atoms with Crippen LogP contribution in [0.5, 0.6) is 0 Å². The molecule has 1 aromatic carbocycles. The molecular formula is C12H16N2. The predicted octanol–water partition coefficient (Wildman–Crippen LogP) is 3.22. The van der Waals surface area contributed by atoms with Crippen LogP contribution in [0, 0.1) is 0 Å². The second-order valence-corrected chi connectivity index (χ2v) is 2.77. The second kappa shape index (κ2) is 5.32. The third kappa shape index (κ3) is 2.28. The number of hydrogen-bond donors (Lipinski definition) is 0. The largest absolute Gasteiger partial charge is 0.244 e. The first-order valence-electron chi connectivity index (χ1n) is 5.09. The van der Waals surface area contributed by atoms with Crippen LogP contribution in [-0.4, -0.2) is 9.97 Å². The minimum atomic E-state index is 1.02. The van der Waals surface area contributed by atoms with Crippen molar-refractivity contribution in [3.63, 3.8) is 0 Å². The topological polar surface area (TPSA) is 25.8 Å². The summed E-state index contributed by atoms with van der Waals surface area (Å²) in [5, 5.41) is 1.12. The lowest BCUT2D eigenvalue weighted by molar-refractivity contribution is 1.14. The highest BCUT2D eigenvalue weighted by atomic mass is 14.8. The Morgan fingerprint density at radius 3 is 2.71 bits per heavy atom. The Morgan fingerprint density at radius 2 is 2.00 bits per heavy atom. The molecule has 0 spiro atoms. The molecule has 0 saturated heterocycles. The molecular weight excluding hydrogens is 172 g/mol. The zero-order chi connectivity index (χ0) is 10.4. The molecule has 2 rings (SSSR count). The SMILES string of the molecule is CC.CCc1ccc2ncncc2c1. The Morgan fingerprint density at radius 1 is 1.21 bits per heavy atom. The van der Waals surface area contributed by atoms with Crippen LogP contribution in [0.1, 0.15) is 26.3 Å². The van der Waals surface area contributed by atoms with Crippen LogP contribution < -0.4 is 0 Å². The minimum Gasteiger partial charge on any atom is -0.244 e. The van der Waals surface area contributed by atoms with E-state index in [0.29, 0.717) is 0 Å². The molecule has 0 atom stereocenters. The van der Waals surface area contributed by atoms with Gasteiger partial charge in [0.25, 0.3) is 0 Å². The van der Waals surface area contributed by atoms with E-state index in [0.717, 1.165) is 17.3 Å². The van der Waals surface area contributed by atoms with E-state index in [-0.39, 0.29) is 0 Å². The Kier molecular flexibility index (Phi) is 4.05. The maximum Gasteiger partial charge on any atom is 0.116 e. The molecule has 0 unspecified atom stereocenters. The van der Waals surface area contributed by atoms with Crippen molar-refractivity contribution in [2.45, 2.75) is 27.2 Å². The maximum absolute atomic E-state index is 4.15. The lowest BCUT2D eigenvalue weighted by atomic mass is 10.1. The summed E-state index contributed by atoms with van der Waals surface area (Å²) in [6.07, 6.45) is 4.49. The van der Waals surface area contributed by atoms with Gasteiger partial charge in [0, 0.05) is 11.6 Å². The molecule has 0 aliphatic rings. The number of nitrogens with zero attached hydrogens (tertiary/aromatic N) is 2. The molecule has 2 aromatic rings. The quantitative estimate of drug-likeness (QED) is 0.686. The van der Waals surface area contributed by atoms with E-state index in [4.69, 9.17) is 0 Å². The maximum atomic E-state index is 4.15. The Hall–Kier alpha value is -1.44. The van der Waals surface area contributed by atoms with Crippen molar-refractivity contribution in [3.8, 4) is 0 Å². The molecule has 14 heavy (non-hydrogen) atoms. The summed E-state index contributed by atoms with van der Waals surface area (Å²) in [6, 6.07) is 6.28. The zero-order valence-electron chi connectivity index (χ0n) is 8.99. The van der Waals surface area contributed by atoms with Crippen molar-refractivity contribution < 1.29 is 0 Å². The van der Waals surface area contributed by atoms with Crippen molar-refractivity contribution in [3.05, 3.63) is 36.3 Å². The number of aromatic nitrogens is 2. The number of fused-ring (bicyclic) bond motifs is 1. The first-order valence-corrected chi connectivity index (χ1v) is 5.09. The third-order valence-corrected chi connectivity index (χ3v) is 1.98. The van der Waals surface area contributed by atoms with Crippen LogP contribution in [0.15, 0.2) is 30.7 Å². The number of aryl methyl sites for hydroxylation is 1. The summed E-state index contributed by atoms with van der Waals surface area (Å²) in [5.41, 5.74) is 2.35. The number of hydrogen-bond acceptors (Lipinski definition) is 2. The summed E-state index contributed by atoms with van der Waals surface area (Å²) in [7, 11) is 0. The van der Waals surface area contributed by atoms with Crippen molar-refractivity contribution >= 4 is 10.9 Å².